The van der Waals surface area contributed by atoms with E-state index in [2.05, 4.69) is 15.6 Å². The number of amides is 1. The van der Waals surface area contributed by atoms with Crippen LogP contribution in [-0.2, 0) is 11.3 Å². The van der Waals surface area contributed by atoms with Crippen molar-refractivity contribution in [3.63, 3.8) is 0 Å². The summed E-state index contributed by atoms with van der Waals surface area (Å²) in [5.74, 6) is 0.590. The molecule has 3 heterocycles. The average molecular weight is 446 g/mol. The second-order valence-electron chi connectivity index (χ2n) is 6.67. The van der Waals surface area contributed by atoms with Crippen molar-refractivity contribution < 1.29 is 9.21 Å². The van der Waals surface area contributed by atoms with Gasteiger partial charge < -0.3 is 4.42 Å². The smallest absolute Gasteiger partial charge is 0.343 e. The fourth-order valence-corrected chi connectivity index (χ4v) is 4.13. The van der Waals surface area contributed by atoms with E-state index < -0.39 is 6.04 Å². The Bertz CT molecular complexity index is 1100. The van der Waals surface area contributed by atoms with Crippen LogP contribution in [0.2, 0.25) is 5.02 Å². The summed E-state index contributed by atoms with van der Waals surface area (Å²) >= 11 is 7.21. The zero-order valence-corrected chi connectivity index (χ0v) is 17.7. The first-order valence-corrected chi connectivity index (χ1v) is 10.8. The fraction of sp³-hybridized carbons (Fsp3) is 0.250. The first-order chi connectivity index (χ1) is 14.6. The van der Waals surface area contributed by atoms with Gasteiger partial charge in [0.2, 0.25) is 0 Å². The molecule has 1 atom stereocenters. The lowest BCUT2D eigenvalue weighted by molar-refractivity contribution is -0.131. The number of hydrogen-bond donors (Lipinski definition) is 2. The van der Waals surface area contributed by atoms with Crippen LogP contribution in [0.5, 0.6) is 0 Å². The molecule has 0 saturated heterocycles. The standard InChI is InChI=1S/C20H20ClN5O3S/c1-2-9-25-19(28)22-23-20(25)30-12-18(27)26-16(17-4-3-10-29-17)11-15(24-26)13-5-7-14(21)8-6-13/h3-8,10-11,16,24H,2,9,12H2,1H3,(H,22,28). The Morgan fingerprint density at radius 3 is 2.80 bits per heavy atom. The van der Waals surface area contributed by atoms with E-state index in [1.54, 1.807) is 24.5 Å². The molecular formula is C20H20ClN5O3S. The average Bonchev–Trinajstić information content (AvgIpc) is 3.48. The van der Waals surface area contributed by atoms with Crippen LogP contribution >= 0.6 is 23.4 Å². The molecule has 1 amide bonds. The highest BCUT2D eigenvalue weighted by Crippen LogP contribution is 2.32. The zero-order chi connectivity index (χ0) is 21.1. The predicted octanol–water partition coefficient (Wildman–Crippen LogP) is 3.45. The number of H-pyrrole nitrogens is 1. The Hall–Kier alpha value is -2.91. The summed E-state index contributed by atoms with van der Waals surface area (Å²) in [6, 6.07) is 10.6. The second-order valence-corrected chi connectivity index (χ2v) is 8.05. The van der Waals surface area contributed by atoms with Crippen molar-refractivity contribution in [3.05, 3.63) is 75.6 Å². The quantitative estimate of drug-likeness (QED) is 0.541. The largest absolute Gasteiger partial charge is 0.467 e. The molecule has 30 heavy (non-hydrogen) atoms. The lowest BCUT2D eigenvalue weighted by Gasteiger charge is -2.23. The van der Waals surface area contributed by atoms with Gasteiger partial charge in [0.15, 0.2) is 5.16 Å². The summed E-state index contributed by atoms with van der Waals surface area (Å²) in [5.41, 5.74) is 4.60. The molecule has 0 radical (unpaired) electrons. The molecule has 0 bridgehead atoms. The molecule has 3 aromatic rings. The number of rotatable bonds is 7. The van der Waals surface area contributed by atoms with Gasteiger partial charge in [-0.15, -0.1) is 5.10 Å². The molecule has 0 saturated carbocycles. The van der Waals surface area contributed by atoms with Crippen LogP contribution in [0.1, 0.15) is 30.7 Å². The van der Waals surface area contributed by atoms with Crippen LogP contribution in [0.25, 0.3) is 5.70 Å². The monoisotopic (exact) mass is 445 g/mol. The normalized spacial score (nSPS) is 15.9. The van der Waals surface area contributed by atoms with Crippen LogP contribution in [0.4, 0.5) is 0 Å². The van der Waals surface area contributed by atoms with Crippen molar-refractivity contribution in [2.24, 2.45) is 0 Å². The van der Waals surface area contributed by atoms with Crippen molar-refractivity contribution in [2.75, 3.05) is 5.75 Å². The summed E-state index contributed by atoms with van der Waals surface area (Å²) in [6.07, 6.45) is 4.31. The highest BCUT2D eigenvalue weighted by molar-refractivity contribution is 7.99. The predicted molar refractivity (Wildman–Crippen MR) is 115 cm³/mol. The van der Waals surface area contributed by atoms with Gasteiger partial charge in [0.1, 0.15) is 11.8 Å². The molecule has 10 heteroatoms. The minimum absolute atomic E-state index is 0.111. The summed E-state index contributed by atoms with van der Waals surface area (Å²) < 4.78 is 7.09. The number of carbonyl (C=O) groups is 1. The minimum atomic E-state index is -0.393. The molecule has 2 N–H and O–H groups in total. The van der Waals surface area contributed by atoms with Crippen LogP contribution in [0.15, 0.2) is 63.1 Å². The van der Waals surface area contributed by atoms with E-state index in [1.807, 2.05) is 31.2 Å². The highest BCUT2D eigenvalue weighted by atomic mass is 35.5. The second kappa shape index (κ2) is 8.85. The number of carbonyl (C=O) groups excluding carboxylic acids is 1. The van der Waals surface area contributed by atoms with E-state index in [9.17, 15) is 9.59 Å². The summed E-state index contributed by atoms with van der Waals surface area (Å²) in [7, 11) is 0. The van der Waals surface area contributed by atoms with E-state index in [4.69, 9.17) is 16.0 Å². The third-order valence-corrected chi connectivity index (χ3v) is 5.81. The lowest BCUT2D eigenvalue weighted by Crippen LogP contribution is -2.40. The van der Waals surface area contributed by atoms with Gasteiger partial charge in [0.05, 0.1) is 17.7 Å². The molecule has 0 fully saturated rings. The van der Waals surface area contributed by atoms with Gasteiger partial charge in [0, 0.05) is 11.6 Å². The van der Waals surface area contributed by atoms with E-state index in [1.165, 1.54) is 21.3 Å². The van der Waals surface area contributed by atoms with Crippen molar-refractivity contribution in [3.8, 4) is 0 Å². The van der Waals surface area contributed by atoms with Crippen molar-refractivity contribution in [2.45, 2.75) is 31.1 Å². The Kier molecular flexibility index (Phi) is 6.01. The van der Waals surface area contributed by atoms with Gasteiger partial charge >= 0.3 is 5.69 Å². The lowest BCUT2D eigenvalue weighted by atomic mass is 10.1. The maximum Gasteiger partial charge on any atom is 0.343 e. The first-order valence-electron chi connectivity index (χ1n) is 9.44. The third-order valence-electron chi connectivity index (χ3n) is 4.60. The molecule has 8 nitrogen and oxygen atoms in total. The van der Waals surface area contributed by atoms with Gasteiger partial charge in [0.25, 0.3) is 5.91 Å². The number of hydrazine groups is 1. The molecule has 1 aromatic carbocycles. The van der Waals surface area contributed by atoms with Crippen LogP contribution < -0.4 is 11.1 Å². The number of benzene rings is 1. The van der Waals surface area contributed by atoms with Crippen molar-refractivity contribution in [1.29, 1.82) is 0 Å². The number of aromatic amines is 1. The SMILES string of the molecule is CCCn1c(SCC(=O)N2NC(c3ccc(Cl)cc3)=CC2c2ccco2)n[nH]c1=O. The molecule has 156 valence electrons. The number of nitrogens with one attached hydrogen (secondary N) is 2. The number of nitrogens with zero attached hydrogens (tertiary/aromatic N) is 3. The van der Waals surface area contributed by atoms with E-state index in [-0.39, 0.29) is 17.3 Å². The van der Waals surface area contributed by atoms with Gasteiger partial charge in [-0.3, -0.25) is 14.8 Å². The number of aromatic nitrogens is 3. The van der Waals surface area contributed by atoms with Gasteiger partial charge in [-0.05, 0) is 42.3 Å². The number of hydrogen-bond acceptors (Lipinski definition) is 6. The van der Waals surface area contributed by atoms with E-state index >= 15 is 0 Å². The Morgan fingerprint density at radius 1 is 1.30 bits per heavy atom. The van der Waals surface area contributed by atoms with Crippen LogP contribution in [0.3, 0.4) is 0 Å². The maximum atomic E-state index is 13.1. The molecule has 1 aliphatic rings. The Balaban J connectivity index is 1.52. The maximum absolute atomic E-state index is 13.1. The van der Waals surface area contributed by atoms with Gasteiger partial charge in [-0.2, -0.15) is 0 Å². The highest BCUT2D eigenvalue weighted by Gasteiger charge is 2.32. The summed E-state index contributed by atoms with van der Waals surface area (Å²) in [5, 5.41) is 9.13. The van der Waals surface area contributed by atoms with Gasteiger partial charge in [-0.1, -0.05) is 42.4 Å². The van der Waals surface area contributed by atoms with E-state index in [0.29, 0.717) is 22.5 Å². The molecular weight excluding hydrogens is 426 g/mol. The molecule has 4 rings (SSSR count). The summed E-state index contributed by atoms with van der Waals surface area (Å²) in [6.45, 7) is 2.52. The minimum Gasteiger partial charge on any atom is -0.467 e. The summed E-state index contributed by atoms with van der Waals surface area (Å²) in [4.78, 5) is 24.9. The number of halogens is 1. The van der Waals surface area contributed by atoms with Crippen LogP contribution in [-0.4, -0.2) is 31.4 Å². The first kappa shape index (κ1) is 20.4. The molecule has 1 aliphatic heterocycles. The zero-order valence-electron chi connectivity index (χ0n) is 16.2. The fourth-order valence-electron chi connectivity index (χ4n) is 3.18. The van der Waals surface area contributed by atoms with Gasteiger partial charge in [-0.25, -0.2) is 14.9 Å². The number of thioether (sulfide) groups is 1. The molecule has 2 aromatic heterocycles. The van der Waals surface area contributed by atoms with Crippen molar-refractivity contribution in [1.82, 2.24) is 25.2 Å². The molecule has 0 aliphatic carbocycles. The number of furan rings is 1. The Labute approximate surface area is 181 Å². The van der Waals surface area contributed by atoms with E-state index in [0.717, 1.165) is 17.7 Å². The topological polar surface area (TPSA) is 96.2 Å². The van der Waals surface area contributed by atoms with Crippen molar-refractivity contribution >= 4 is 35.0 Å². The molecule has 0 spiro atoms. The van der Waals surface area contributed by atoms with Crippen LogP contribution in [0, 0.1) is 0 Å². The third kappa shape index (κ3) is 4.17. The molecule has 1 unspecified atom stereocenters. The Morgan fingerprint density at radius 2 is 2.10 bits per heavy atom.